The van der Waals surface area contributed by atoms with E-state index in [0.29, 0.717) is 5.92 Å². The molecule has 0 N–H and O–H groups in total. The Morgan fingerprint density at radius 1 is 1.30 bits per heavy atom. The molecule has 0 amide bonds. The van der Waals surface area contributed by atoms with Gasteiger partial charge in [0.2, 0.25) is 0 Å². The lowest BCUT2D eigenvalue weighted by atomic mass is 10.00. The summed E-state index contributed by atoms with van der Waals surface area (Å²) >= 11 is 0. The molecular formula is C17H22N4O2. The molecule has 0 radical (unpaired) electrons. The summed E-state index contributed by atoms with van der Waals surface area (Å²) in [5.41, 5.74) is 3.27. The summed E-state index contributed by atoms with van der Waals surface area (Å²) in [6.45, 7) is 5.71. The molecule has 1 aliphatic carbocycles. The second-order valence-corrected chi connectivity index (χ2v) is 6.80. The summed E-state index contributed by atoms with van der Waals surface area (Å²) in [5.74, 6) is 1.47. The first-order chi connectivity index (χ1) is 11.2. The Bertz CT molecular complexity index is 758. The average molecular weight is 314 g/mol. The third-order valence-electron chi connectivity index (χ3n) is 4.84. The van der Waals surface area contributed by atoms with Gasteiger partial charge < -0.3 is 9.42 Å². The van der Waals surface area contributed by atoms with Crippen LogP contribution >= 0.6 is 0 Å². The molecule has 4 rings (SSSR count). The molecule has 2 aliphatic rings. The summed E-state index contributed by atoms with van der Waals surface area (Å²) in [6.07, 6.45) is 4.05. The van der Waals surface area contributed by atoms with E-state index in [-0.39, 0.29) is 5.56 Å². The van der Waals surface area contributed by atoms with Gasteiger partial charge in [-0.1, -0.05) is 5.16 Å². The van der Waals surface area contributed by atoms with Gasteiger partial charge in [-0.25, -0.2) is 4.68 Å². The molecule has 0 atom stereocenters. The molecule has 1 fully saturated rings. The second-order valence-electron chi connectivity index (χ2n) is 6.80. The minimum Gasteiger partial charge on any atom is -0.361 e. The van der Waals surface area contributed by atoms with Gasteiger partial charge in [0.1, 0.15) is 5.76 Å². The fraction of sp³-hybridized carbons (Fsp3) is 0.588. The highest BCUT2D eigenvalue weighted by atomic mass is 16.5. The Morgan fingerprint density at radius 3 is 2.96 bits per heavy atom. The van der Waals surface area contributed by atoms with Crippen LogP contribution in [0.4, 0.5) is 0 Å². The maximum atomic E-state index is 12.1. The molecule has 6 nitrogen and oxygen atoms in total. The molecule has 6 heteroatoms. The molecule has 122 valence electrons. The molecule has 1 aliphatic heterocycles. The van der Waals surface area contributed by atoms with Crippen molar-refractivity contribution < 1.29 is 4.52 Å². The Hall–Kier alpha value is -1.95. The van der Waals surface area contributed by atoms with E-state index >= 15 is 0 Å². The van der Waals surface area contributed by atoms with Crippen LogP contribution in [0.1, 0.15) is 29.1 Å². The van der Waals surface area contributed by atoms with Gasteiger partial charge in [0.15, 0.2) is 0 Å². The van der Waals surface area contributed by atoms with Crippen molar-refractivity contribution in [3.05, 3.63) is 45.2 Å². The van der Waals surface area contributed by atoms with Gasteiger partial charge in [-0.05, 0) is 31.7 Å². The van der Waals surface area contributed by atoms with Gasteiger partial charge in [-0.2, -0.15) is 5.10 Å². The predicted octanol–water partition coefficient (Wildman–Crippen LogP) is 1.20. The standard InChI is InChI=1S/C17H22N4O2/c1-12-7-15(23-19-12)5-6-20-9-13(10-20)11-21-17(22)8-14-3-2-4-16(14)18-21/h7-8,13H,2-6,9-11H2,1H3. The number of aromatic nitrogens is 3. The van der Waals surface area contributed by atoms with Crippen LogP contribution in [0.5, 0.6) is 0 Å². The monoisotopic (exact) mass is 314 g/mol. The first kappa shape index (κ1) is 14.6. The minimum atomic E-state index is 0.0567. The third-order valence-corrected chi connectivity index (χ3v) is 4.84. The Balaban J connectivity index is 1.28. The lowest BCUT2D eigenvalue weighted by molar-refractivity contribution is 0.0834. The zero-order valence-corrected chi connectivity index (χ0v) is 13.5. The van der Waals surface area contributed by atoms with Crippen LogP contribution in [0.25, 0.3) is 0 Å². The molecule has 3 heterocycles. The van der Waals surface area contributed by atoms with Crippen LogP contribution in [0, 0.1) is 12.8 Å². The van der Waals surface area contributed by atoms with Crippen molar-refractivity contribution >= 4 is 0 Å². The van der Waals surface area contributed by atoms with Gasteiger partial charge in [0, 0.05) is 44.1 Å². The normalized spacial score (nSPS) is 18.1. The number of aryl methyl sites for hydroxylation is 3. The predicted molar refractivity (Wildman–Crippen MR) is 85.4 cm³/mol. The first-order valence-electron chi connectivity index (χ1n) is 8.42. The number of nitrogens with zero attached hydrogens (tertiary/aromatic N) is 4. The highest BCUT2D eigenvalue weighted by Crippen LogP contribution is 2.20. The van der Waals surface area contributed by atoms with Gasteiger partial charge in [-0.3, -0.25) is 4.79 Å². The van der Waals surface area contributed by atoms with Crippen molar-refractivity contribution in [1.29, 1.82) is 0 Å². The Morgan fingerprint density at radius 2 is 2.17 bits per heavy atom. The molecule has 2 aromatic rings. The molecule has 0 unspecified atom stereocenters. The zero-order valence-electron chi connectivity index (χ0n) is 13.5. The van der Waals surface area contributed by atoms with Crippen LogP contribution in [0.15, 0.2) is 21.5 Å². The number of hydrogen-bond donors (Lipinski definition) is 0. The van der Waals surface area contributed by atoms with E-state index in [1.807, 2.05) is 13.0 Å². The van der Waals surface area contributed by atoms with E-state index < -0.39 is 0 Å². The number of rotatable bonds is 5. The topological polar surface area (TPSA) is 64.2 Å². The van der Waals surface area contributed by atoms with Crippen LogP contribution in [0.3, 0.4) is 0 Å². The first-order valence-corrected chi connectivity index (χ1v) is 8.42. The number of likely N-dealkylation sites (tertiary alicyclic amines) is 1. The molecule has 2 aromatic heterocycles. The van der Waals surface area contributed by atoms with E-state index in [2.05, 4.69) is 15.2 Å². The fourth-order valence-electron chi connectivity index (χ4n) is 3.59. The van der Waals surface area contributed by atoms with Gasteiger partial charge >= 0.3 is 0 Å². The second kappa shape index (κ2) is 5.92. The largest absolute Gasteiger partial charge is 0.361 e. The number of hydrogen-bond acceptors (Lipinski definition) is 5. The number of fused-ring (bicyclic) bond motifs is 1. The van der Waals surface area contributed by atoms with E-state index in [4.69, 9.17) is 4.52 Å². The van der Waals surface area contributed by atoms with Crippen molar-refractivity contribution in [1.82, 2.24) is 19.8 Å². The SMILES string of the molecule is Cc1cc(CCN2CC(Cn3nc4c(cc3=O)CCC4)C2)on1. The summed E-state index contributed by atoms with van der Waals surface area (Å²) in [4.78, 5) is 14.5. The van der Waals surface area contributed by atoms with Gasteiger partial charge in [0.25, 0.3) is 5.56 Å². The highest BCUT2D eigenvalue weighted by molar-refractivity contribution is 5.22. The third kappa shape index (κ3) is 3.08. The molecule has 0 saturated carbocycles. The quantitative estimate of drug-likeness (QED) is 0.830. The molecule has 0 spiro atoms. The van der Waals surface area contributed by atoms with Crippen molar-refractivity contribution in [3.8, 4) is 0 Å². The molecule has 0 bridgehead atoms. The Kier molecular flexibility index (Phi) is 3.77. The van der Waals surface area contributed by atoms with E-state index in [0.717, 1.165) is 74.6 Å². The smallest absolute Gasteiger partial charge is 0.267 e. The van der Waals surface area contributed by atoms with Crippen molar-refractivity contribution in [2.45, 2.75) is 39.2 Å². The van der Waals surface area contributed by atoms with Crippen LogP contribution in [-0.2, 0) is 25.8 Å². The fourth-order valence-corrected chi connectivity index (χ4v) is 3.59. The van der Waals surface area contributed by atoms with Crippen LogP contribution in [0.2, 0.25) is 0 Å². The summed E-state index contributed by atoms with van der Waals surface area (Å²) < 4.78 is 6.90. The summed E-state index contributed by atoms with van der Waals surface area (Å²) in [5, 5.41) is 8.47. The lowest BCUT2D eigenvalue weighted by Gasteiger charge is -2.39. The summed E-state index contributed by atoms with van der Waals surface area (Å²) in [6, 6.07) is 3.78. The van der Waals surface area contributed by atoms with Gasteiger partial charge in [0.05, 0.1) is 17.9 Å². The van der Waals surface area contributed by atoms with Crippen molar-refractivity contribution in [3.63, 3.8) is 0 Å². The Labute approximate surface area is 135 Å². The zero-order chi connectivity index (χ0) is 15.8. The average Bonchev–Trinajstić information content (AvgIpc) is 3.09. The minimum absolute atomic E-state index is 0.0567. The van der Waals surface area contributed by atoms with E-state index in [1.54, 1.807) is 10.7 Å². The van der Waals surface area contributed by atoms with Crippen LogP contribution < -0.4 is 5.56 Å². The molecule has 0 aromatic carbocycles. The van der Waals surface area contributed by atoms with Crippen molar-refractivity contribution in [2.24, 2.45) is 5.92 Å². The van der Waals surface area contributed by atoms with Crippen LogP contribution in [-0.4, -0.2) is 39.5 Å². The van der Waals surface area contributed by atoms with Gasteiger partial charge in [-0.15, -0.1) is 0 Å². The van der Waals surface area contributed by atoms with E-state index in [9.17, 15) is 4.79 Å². The maximum Gasteiger partial charge on any atom is 0.267 e. The lowest BCUT2D eigenvalue weighted by Crippen LogP contribution is -2.50. The molecule has 23 heavy (non-hydrogen) atoms. The molecule has 1 saturated heterocycles. The van der Waals surface area contributed by atoms with E-state index in [1.165, 1.54) is 0 Å². The molecular weight excluding hydrogens is 292 g/mol. The maximum absolute atomic E-state index is 12.1. The summed E-state index contributed by atoms with van der Waals surface area (Å²) in [7, 11) is 0. The highest BCUT2D eigenvalue weighted by Gasteiger charge is 2.28. The van der Waals surface area contributed by atoms with Crippen molar-refractivity contribution in [2.75, 3.05) is 19.6 Å².